The molecule has 3 aromatic rings. The molecule has 2 aromatic carbocycles. The van der Waals surface area contributed by atoms with Gasteiger partial charge in [0.1, 0.15) is 18.2 Å². The van der Waals surface area contributed by atoms with Crippen LogP contribution in [0.4, 0.5) is 10.1 Å². The Balaban J connectivity index is 1.13. The summed E-state index contributed by atoms with van der Waals surface area (Å²) in [7, 11) is 0. The van der Waals surface area contributed by atoms with Gasteiger partial charge in [0.25, 0.3) is 5.91 Å². The van der Waals surface area contributed by atoms with E-state index < -0.39 is 0 Å². The highest BCUT2D eigenvalue weighted by molar-refractivity contribution is 7.99. The number of carbonyl (C=O) groups is 1. The average molecular weight is 475 g/mol. The van der Waals surface area contributed by atoms with E-state index in [2.05, 4.69) is 10.3 Å². The first-order valence-electron chi connectivity index (χ1n) is 11.2. The van der Waals surface area contributed by atoms with Crippen LogP contribution in [0.2, 0.25) is 0 Å². The van der Waals surface area contributed by atoms with Gasteiger partial charge in [-0.1, -0.05) is 12.1 Å². The number of anilines is 1. The molecule has 0 saturated carbocycles. The molecule has 34 heavy (non-hydrogen) atoms. The van der Waals surface area contributed by atoms with Gasteiger partial charge < -0.3 is 15.0 Å². The number of hydrogen-bond acceptors (Lipinski definition) is 6. The quantitative estimate of drug-likeness (QED) is 0.559. The van der Waals surface area contributed by atoms with E-state index in [1.165, 1.54) is 6.07 Å². The van der Waals surface area contributed by atoms with Crippen LogP contribution in [-0.2, 0) is 13.2 Å². The summed E-state index contributed by atoms with van der Waals surface area (Å²) in [5.74, 6) is 0.323. The number of carbonyl (C=O) groups excluding carboxylic acids is 1. The molecule has 3 heterocycles. The molecule has 0 atom stereocenters. The number of ether oxygens (including phenoxy) is 1. The number of benzene rings is 2. The minimum atomic E-state index is -0.340. The van der Waals surface area contributed by atoms with Gasteiger partial charge in [0.05, 0.1) is 22.3 Å². The lowest BCUT2D eigenvalue weighted by atomic mass is 10.1. The zero-order chi connectivity index (χ0) is 23.5. The van der Waals surface area contributed by atoms with E-state index in [0.29, 0.717) is 35.2 Å². The van der Waals surface area contributed by atoms with E-state index in [-0.39, 0.29) is 11.7 Å². The largest absolute Gasteiger partial charge is 0.488 e. The third-order valence-electron chi connectivity index (χ3n) is 6.14. The Morgan fingerprint density at radius 1 is 1.21 bits per heavy atom. The highest BCUT2D eigenvalue weighted by atomic mass is 32.2. The minimum absolute atomic E-state index is 0.0589. The molecule has 0 radical (unpaired) electrons. The number of thioether (sulfide) groups is 1. The number of halogens is 1. The maximum atomic E-state index is 14.3. The van der Waals surface area contributed by atoms with Crippen LogP contribution >= 0.6 is 11.8 Å². The number of amides is 1. The number of aromatic nitrogens is 1. The van der Waals surface area contributed by atoms with Gasteiger partial charge in [-0.2, -0.15) is 5.26 Å². The molecule has 0 aliphatic carbocycles. The number of rotatable bonds is 6. The predicted octanol–water partition coefficient (Wildman–Crippen LogP) is 4.68. The van der Waals surface area contributed by atoms with Gasteiger partial charge >= 0.3 is 0 Å². The van der Waals surface area contributed by atoms with Gasteiger partial charge in [0, 0.05) is 47.8 Å². The topological polar surface area (TPSA) is 78.3 Å². The summed E-state index contributed by atoms with van der Waals surface area (Å²) in [6.45, 7) is 2.42. The first kappa shape index (κ1) is 22.2. The number of fused-ring (bicyclic) bond motifs is 1. The first-order chi connectivity index (χ1) is 16.6. The lowest BCUT2D eigenvalue weighted by Crippen LogP contribution is -2.35. The molecular formula is C26H23FN4O2S. The van der Waals surface area contributed by atoms with Crippen LogP contribution in [-0.4, -0.2) is 29.2 Å². The van der Waals surface area contributed by atoms with E-state index in [1.807, 2.05) is 47.5 Å². The van der Waals surface area contributed by atoms with Crippen LogP contribution in [0, 0.1) is 17.1 Å². The van der Waals surface area contributed by atoms with Crippen LogP contribution < -0.4 is 15.0 Å². The maximum absolute atomic E-state index is 14.3. The van der Waals surface area contributed by atoms with Crippen molar-refractivity contribution in [1.82, 2.24) is 10.3 Å². The fraction of sp³-hybridized carbons (Fsp3) is 0.269. The van der Waals surface area contributed by atoms with Gasteiger partial charge in [0.2, 0.25) is 0 Å². The monoisotopic (exact) mass is 474 g/mol. The fourth-order valence-corrected chi connectivity index (χ4v) is 5.35. The number of nitrogens with zero attached hydrogens (tertiary/aromatic N) is 3. The molecule has 1 N–H and O–H groups in total. The summed E-state index contributed by atoms with van der Waals surface area (Å²) in [5.41, 5.74) is 3.45. The fourth-order valence-electron chi connectivity index (χ4n) is 4.31. The van der Waals surface area contributed by atoms with E-state index in [1.54, 1.807) is 23.9 Å². The highest BCUT2D eigenvalue weighted by Gasteiger charge is 2.23. The molecule has 1 amide bonds. The molecule has 172 valence electrons. The second kappa shape index (κ2) is 9.74. The second-order valence-corrected chi connectivity index (χ2v) is 9.66. The van der Waals surface area contributed by atoms with Crippen LogP contribution in [0.5, 0.6) is 5.75 Å². The van der Waals surface area contributed by atoms with Crippen molar-refractivity contribution in [1.29, 1.82) is 5.26 Å². The Hall–Kier alpha value is -3.57. The smallest absolute Gasteiger partial charge is 0.252 e. The van der Waals surface area contributed by atoms with Gasteiger partial charge in [-0.3, -0.25) is 4.79 Å². The molecule has 1 aromatic heterocycles. The van der Waals surface area contributed by atoms with E-state index in [9.17, 15) is 9.18 Å². The van der Waals surface area contributed by atoms with Crippen LogP contribution in [0.25, 0.3) is 0 Å². The minimum Gasteiger partial charge on any atom is -0.488 e. The SMILES string of the molecule is N#Cc1ccc(N2CCC(Sc3ccc(COc4cccc5c4CNC5=O)cn3)CC2)c(F)c1. The maximum Gasteiger partial charge on any atom is 0.252 e. The van der Waals surface area contributed by atoms with Crippen molar-refractivity contribution >= 4 is 23.4 Å². The van der Waals surface area contributed by atoms with Crippen molar-refractivity contribution in [3.05, 3.63) is 82.8 Å². The summed E-state index contributed by atoms with van der Waals surface area (Å²) in [6, 6.07) is 16.2. The van der Waals surface area contributed by atoms with Crippen LogP contribution in [0.15, 0.2) is 59.8 Å². The van der Waals surface area contributed by atoms with E-state index >= 15 is 0 Å². The molecule has 6 nitrogen and oxygen atoms in total. The second-order valence-electron chi connectivity index (χ2n) is 8.34. The first-order valence-corrected chi connectivity index (χ1v) is 12.1. The Bertz CT molecular complexity index is 1250. The van der Waals surface area contributed by atoms with Crippen molar-refractivity contribution in [2.75, 3.05) is 18.0 Å². The normalized spacial score (nSPS) is 15.5. The van der Waals surface area contributed by atoms with Gasteiger partial charge in [-0.15, -0.1) is 11.8 Å². The number of pyridine rings is 1. The molecule has 1 saturated heterocycles. The summed E-state index contributed by atoms with van der Waals surface area (Å²) < 4.78 is 20.3. The van der Waals surface area contributed by atoms with Crippen molar-refractivity contribution in [3.63, 3.8) is 0 Å². The zero-order valence-corrected chi connectivity index (χ0v) is 19.3. The van der Waals surface area contributed by atoms with Crippen molar-refractivity contribution in [2.45, 2.75) is 36.3 Å². The van der Waals surface area contributed by atoms with Gasteiger partial charge in [0.15, 0.2) is 0 Å². The number of piperidine rings is 1. The molecular weight excluding hydrogens is 451 g/mol. The van der Waals surface area contributed by atoms with E-state index in [0.717, 1.165) is 47.8 Å². The predicted molar refractivity (Wildman–Crippen MR) is 128 cm³/mol. The Morgan fingerprint density at radius 2 is 2.06 bits per heavy atom. The summed E-state index contributed by atoms with van der Waals surface area (Å²) in [5, 5.41) is 13.1. The standard InChI is InChI=1S/C26H23FN4O2S/c27-22-12-17(13-28)4-6-23(22)31-10-8-19(9-11-31)34-25-7-5-18(14-29-25)16-33-24-3-1-2-20-21(24)15-30-26(20)32/h1-7,12,14,19H,8-11,15-16H2,(H,30,32). The molecule has 0 unspecified atom stereocenters. The summed E-state index contributed by atoms with van der Waals surface area (Å²) in [6.07, 6.45) is 3.70. The average Bonchev–Trinajstić information content (AvgIpc) is 3.25. The summed E-state index contributed by atoms with van der Waals surface area (Å²) >= 11 is 1.75. The Labute approximate surface area is 201 Å². The van der Waals surface area contributed by atoms with Crippen LogP contribution in [0.1, 0.15) is 39.9 Å². The lowest BCUT2D eigenvalue weighted by Gasteiger charge is -2.33. The molecule has 0 spiro atoms. The van der Waals surface area contributed by atoms with Crippen molar-refractivity contribution in [2.24, 2.45) is 0 Å². The molecule has 1 fully saturated rings. The zero-order valence-electron chi connectivity index (χ0n) is 18.5. The van der Waals surface area contributed by atoms with Crippen molar-refractivity contribution in [3.8, 4) is 11.8 Å². The molecule has 8 heteroatoms. The van der Waals surface area contributed by atoms with E-state index in [4.69, 9.17) is 10.00 Å². The third-order valence-corrected chi connectivity index (χ3v) is 7.43. The lowest BCUT2D eigenvalue weighted by molar-refractivity contribution is 0.0965. The number of nitrogens with one attached hydrogen (secondary N) is 1. The van der Waals surface area contributed by atoms with Gasteiger partial charge in [-0.25, -0.2) is 9.37 Å². The van der Waals surface area contributed by atoms with Crippen LogP contribution in [0.3, 0.4) is 0 Å². The Kier molecular flexibility index (Phi) is 6.37. The molecule has 2 aliphatic heterocycles. The molecule has 2 aliphatic rings. The summed E-state index contributed by atoms with van der Waals surface area (Å²) in [4.78, 5) is 18.5. The third kappa shape index (κ3) is 4.70. The molecule has 5 rings (SSSR count). The Morgan fingerprint density at radius 3 is 2.79 bits per heavy atom. The number of nitriles is 1. The van der Waals surface area contributed by atoms with Gasteiger partial charge in [-0.05, 0) is 49.2 Å². The number of hydrogen-bond donors (Lipinski definition) is 1. The van der Waals surface area contributed by atoms with Crippen molar-refractivity contribution < 1.29 is 13.9 Å². The highest BCUT2D eigenvalue weighted by Crippen LogP contribution is 2.32. The molecule has 0 bridgehead atoms.